The molecular weight excluding hydrogens is 386 g/mol. The van der Waals surface area contributed by atoms with E-state index in [2.05, 4.69) is 4.99 Å². The average Bonchev–Trinajstić information content (AvgIpc) is 3.26. The molecule has 0 atom stereocenters. The van der Waals surface area contributed by atoms with Crippen LogP contribution >= 0.6 is 11.8 Å². The van der Waals surface area contributed by atoms with E-state index in [4.69, 9.17) is 0 Å². The molecule has 0 unspecified atom stereocenters. The number of nitrogens with zero attached hydrogens (tertiary/aromatic N) is 3. The van der Waals surface area contributed by atoms with Gasteiger partial charge in [0.25, 0.3) is 5.91 Å². The van der Waals surface area contributed by atoms with Gasteiger partial charge in [0.15, 0.2) is 5.17 Å². The van der Waals surface area contributed by atoms with Gasteiger partial charge >= 0.3 is 5.97 Å². The molecule has 2 heterocycles. The van der Waals surface area contributed by atoms with Gasteiger partial charge in [-0.3, -0.25) is 9.69 Å². The molecule has 6 nitrogen and oxygen atoms in total. The molecule has 1 aromatic heterocycles. The molecule has 1 N–H and O–H groups in total. The summed E-state index contributed by atoms with van der Waals surface area (Å²) in [5, 5.41) is 9.88. The molecule has 2 aliphatic rings. The van der Waals surface area contributed by atoms with Crippen LogP contribution < -0.4 is 0 Å². The number of aryl methyl sites for hydroxylation is 1. The summed E-state index contributed by atoms with van der Waals surface area (Å²) >= 11 is 1.36. The van der Waals surface area contributed by atoms with E-state index in [1.165, 1.54) is 18.2 Å². The standard InChI is InChI=1S/C22H23N3O3S/c1-24-12-6-11-18(24)14-19-20(26)25(17-9-3-2-4-10-17)22(29-19)23-16-8-5-7-15(13-16)21(27)28/h5-8,11-14,17H,2-4,9-10H2,1H3,(H,27,28)/b19-14+,23-22?. The van der Waals surface area contributed by atoms with E-state index >= 15 is 0 Å². The third kappa shape index (κ3) is 4.15. The number of rotatable bonds is 4. The number of carboxylic acid groups (broad SMARTS) is 1. The van der Waals surface area contributed by atoms with Crippen LogP contribution in [0.1, 0.15) is 48.2 Å². The second-order valence-corrected chi connectivity index (χ2v) is 8.38. The molecule has 2 aromatic rings. The number of hydrogen-bond donors (Lipinski definition) is 1. The van der Waals surface area contributed by atoms with Crippen molar-refractivity contribution in [1.29, 1.82) is 0 Å². The number of hydrogen-bond acceptors (Lipinski definition) is 4. The predicted octanol–water partition coefficient (Wildman–Crippen LogP) is 4.66. The average molecular weight is 410 g/mol. The van der Waals surface area contributed by atoms with E-state index in [0.29, 0.717) is 15.8 Å². The molecule has 1 aliphatic heterocycles. The Labute approximate surface area is 173 Å². The first-order valence-corrected chi connectivity index (χ1v) is 10.6. The van der Waals surface area contributed by atoms with Crippen LogP contribution in [-0.4, -0.2) is 37.7 Å². The fourth-order valence-corrected chi connectivity index (χ4v) is 4.85. The zero-order valence-corrected chi connectivity index (χ0v) is 17.1. The molecule has 0 spiro atoms. The van der Waals surface area contributed by atoms with Gasteiger partial charge in [-0.2, -0.15) is 0 Å². The van der Waals surface area contributed by atoms with Gasteiger partial charge in [-0.15, -0.1) is 0 Å². The Bertz CT molecular complexity index is 1000. The molecular formula is C22H23N3O3S. The third-order valence-electron chi connectivity index (χ3n) is 5.36. The third-order valence-corrected chi connectivity index (χ3v) is 6.34. The van der Waals surface area contributed by atoms with Crippen LogP contribution in [0.4, 0.5) is 5.69 Å². The number of carbonyl (C=O) groups excluding carboxylic acids is 1. The van der Waals surface area contributed by atoms with Crippen molar-refractivity contribution in [3.63, 3.8) is 0 Å². The molecule has 7 heteroatoms. The van der Waals surface area contributed by atoms with Crippen molar-refractivity contribution in [3.8, 4) is 0 Å². The summed E-state index contributed by atoms with van der Waals surface area (Å²) < 4.78 is 1.97. The van der Waals surface area contributed by atoms with Crippen LogP contribution in [0, 0.1) is 0 Å². The molecule has 150 valence electrons. The van der Waals surface area contributed by atoms with Crippen molar-refractivity contribution in [2.24, 2.45) is 12.0 Å². The summed E-state index contributed by atoms with van der Waals surface area (Å²) in [6.45, 7) is 0. The van der Waals surface area contributed by atoms with Crippen molar-refractivity contribution in [2.45, 2.75) is 38.1 Å². The number of benzene rings is 1. The Balaban J connectivity index is 1.72. The summed E-state index contributed by atoms with van der Waals surface area (Å²) in [7, 11) is 1.95. The summed E-state index contributed by atoms with van der Waals surface area (Å²) in [6.07, 6.45) is 9.21. The number of aromatic nitrogens is 1. The molecule has 1 aliphatic carbocycles. The minimum absolute atomic E-state index is 0.0174. The second kappa shape index (κ2) is 8.29. The predicted molar refractivity (Wildman–Crippen MR) is 115 cm³/mol. The highest BCUT2D eigenvalue weighted by molar-refractivity contribution is 8.18. The number of amidine groups is 1. The molecule has 0 radical (unpaired) electrons. The number of thioether (sulfide) groups is 1. The summed E-state index contributed by atoms with van der Waals surface area (Å²) in [6, 6.07) is 10.6. The van der Waals surface area contributed by atoms with Crippen molar-refractivity contribution >= 4 is 40.6 Å². The van der Waals surface area contributed by atoms with Gasteiger partial charge < -0.3 is 9.67 Å². The first kappa shape index (κ1) is 19.5. The molecule has 1 saturated carbocycles. The normalized spacial score (nSPS) is 20.7. The van der Waals surface area contributed by atoms with Gasteiger partial charge in [-0.25, -0.2) is 9.79 Å². The van der Waals surface area contributed by atoms with Crippen molar-refractivity contribution in [1.82, 2.24) is 9.47 Å². The van der Waals surface area contributed by atoms with Crippen LogP contribution in [-0.2, 0) is 11.8 Å². The lowest BCUT2D eigenvalue weighted by molar-refractivity contribution is -0.124. The minimum Gasteiger partial charge on any atom is -0.478 e. The van der Waals surface area contributed by atoms with Gasteiger partial charge in [0.05, 0.1) is 16.2 Å². The zero-order valence-electron chi connectivity index (χ0n) is 16.2. The van der Waals surface area contributed by atoms with Crippen molar-refractivity contribution < 1.29 is 14.7 Å². The molecule has 1 saturated heterocycles. The molecule has 2 fully saturated rings. The van der Waals surface area contributed by atoms with E-state index in [1.807, 2.05) is 40.9 Å². The van der Waals surface area contributed by atoms with Crippen molar-refractivity contribution in [3.05, 3.63) is 58.8 Å². The van der Waals surface area contributed by atoms with Crippen LogP contribution in [0.15, 0.2) is 52.5 Å². The summed E-state index contributed by atoms with van der Waals surface area (Å²) in [5.41, 5.74) is 1.68. The number of carbonyl (C=O) groups is 2. The molecule has 29 heavy (non-hydrogen) atoms. The fraction of sp³-hybridized carbons (Fsp3) is 0.318. The van der Waals surface area contributed by atoms with Gasteiger partial charge in [0.2, 0.25) is 0 Å². The van der Waals surface area contributed by atoms with E-state index < -0.39 is 5.97 Å². The lowest BCUT2D eigenvalue weighted by atomic mass is 9.94. The van der Waals surface area contributed by atoms with Gasteiger partial charge in [-0.05, 0) is 61.0 Å². The Morgan fingerprint density at radius 2 is 2.00 bits per heavy atom. The maximum Gasteiger partial charge on any atom is 0.335 e. The topological polar surface area (TPSA) is 74.9 Å². The zero-order chi connectivity index (χ0) is 20.4. The smallest absolute Gasteiger partial charge is 0.335 e. The molecule has 1 aromatic carbocycles. The monoisotopic (exact) mass is 409 g/mol. The van der Waals surface area contributed by atoms with Gasteiger partial charge in [0.1, 0.15) is 0 Å². The highest BCUT2D eigenvalue weighted by Crippen LogP contribution is 2.38. The lowest BCUT2D eigenvalue weighted by Gasteiger charge is -2.30. The maximum atomic E-state index is 13.3. The van der Waals surface area contributed by atoms with E-state index in [0.717, 1.165) is 31.4 Å². The summed E-state index contributed by atoms with van der Waals surface area (Å²) in [4.78, 5) is 31.7. The molecule has 4 rings (SSSR count). The fourth-order valence-electron chi connectivity index (χ4n) is 3.80. The van der Waals surface area contributed by atoms with E-state index in [-0.39, 0.29) is 17.5 Å². The SMILES string of the molecule is Cn1cccc1/C=C1/SC(=Nc2cccc(C(=O)O)c2)N(C2CCCCC2)C1=O. The van der Waals surface area contributed by atoms with Gasteiger partial charge in [0, 0.05) is 25.0 Å². The molecule has 1 amide bonds. The Morgan fingerprint density at radius 1 is 1.21 bits per heavy atom. The number of carboxylic acids is 1. The Morgan fingerprint density at radius 3 is 2.69 bits per heavy atom. The Kier molecular flexibility index (Phi) is 5.58. The largest absolute Gasteiger partial charge is 0.478 e. The van der Waals surface area contributed by atoms with Gasteiger partial charge in [-0.1, -0.05) is 25.3 Å². The minimum atomic E-state index is -0.990. The first-order chi connectivity index (χ1) is 14.0. The van der Waals surface area contributed by atoms with E-state index in [1.54, 1.807) is 24.3 Å². The molecule has 0 bridgehead atoms. The lowest BCUT2D eigenvalue weighted by Crippen LogP contribution is -2.40. The van der Waals surface area contributed by atoms with Crippen molar-refractivity contribution in [2.75, 3.05) is 0 Å². The van der Waals surface area contributed by atoms with Crippen LogP contribution in [0.3, 0.4) is 0 Å². The van der Waals surface area contributed by atoms with Crippen LogP contribution in [0.5, 0.6) is 0 Å². The van der Waals surface area contributed by atoms with Crippen LogP contribution in [0.2, 0.25) is 0 Å². The number of amides is 1. The number of aliphatic imine (C=N–C) groups is 1. The number of aromatic carboxylic acids is 1. The van der Waals surface area contributed by atoms with Crippen LogP contribution in [0.25, 0.3) is 6.08 Å². The maximum absolute atomic E-state index is 13.3. The Hall–Kier alpha value is -2.80. The first-order valence-electron chi connectivity index (χ1n) is 9.79. The highest BCUT2D eigenvalue weighted by Gasteiger charge is 2.38. The second-order valence-electron chi connectivity index (χ2n) is 7.37. The summed E-state index contributed by atoms with van der Waals surface area (Å²) in [5.74, 6) is -1.01. The van der Waals surface area contributed by atoms with E-state index in [9.17, 15) is 14.7 Å². The highest BCUT2D eigenvalue weighted by atomic mass is 32.2. The quantitative estimate of drug-likeness (QED) is 0.745.